The van der Waals surface area contributed by atoms with E-state index >= 15 is 0 Å². The lowest BCUT2D eigenvalue weighted by molar-refractivity contribution is 0.337. The average Bonchev–Trinajstić information content (AvgIpc) is 2.47. The molecule has 2 rings (SSSR count). The zero-order chi connectivity index (χ0) is 15.2. The summed E-state index contributed by atoms with van der Waals surface area (Å²) in [7, 11) is 0. The van der Waals surface area contributed by atoms with Crippen LogP contribution in [0.4, 0.5) is 0 Å². The number of thioether (sulfide) groups is 1. The van der Waals surface area contributed by atoms with Crippen molar-refractivity contribution in [2.24, 2.45) is 5.73 Å². The van der Waals surface area contributed by atoms with Crippen LogP contribution in [0, 0.1) is 0 Å². The van der Waals surface area contributed by atoms with Crippen molar-refractivity contribution in [1.82, 2.24) is 0 Å². The Morgan fingerprint density at radius 2 is 2.00 bits per heavy atom. The summed E-state index contributed by atoms with van der Waals surface area (Å²) in [6.07, 6.45) is 0. The fourth-order valence-corrected chi connectivity index (χ4v) is 3.55. The summed E-state index contributed by atoms with van der Waals surface area (Å²) in [4.78, 5) is 1.23. The molecule has 0 aliphatic rings. The van der Waals surface area contributed by atoms with Gasteiger partial charge in [-0.25, -0.2) is 0 Å². The molecule has 1 atom stereocenters. The van der Waals surface area contributed by atoms with E-state index < -0.39 is 0 Å². The fourth-order valence-electron chi connectivity index (χ4n) is 2.01. The van der Waals surface area contributed by atoms with Crippen LogP contribution in [-0.2, 0) is 5.75 Å². The Morgan fingerprint density at radius 3 is 2.67 bits per heavy atom. The van der Waals surface area contributed by atoms with Gasteiger partial charge in [0.2, 0.25) is 0 Å². The summed E-state index contributed by atoms with van der Waals surface area (Å²) in [5.74, 6) is 1.81. The average molecular weight is 366 g/mol. The molecule has 4 heteroatoms. The standard InChI is InChI=1S/C17H20BrNOS/c1-3-20-16-9-8-13(12(2)19)10-14(16)11-21-17-7-5-4-6-15(17)18/h4-10,12H,3,11,19H2,1-2H3. The van der Waals surface area contributed by atoms with Crippen molar-refractivity contribution < 1.29 is 4.74 Å². The zero-order valence-corrected chi connectivity index (χ0v) is 14.7. The second kappa shape index (κ2) is 7.87. The lowest BCUT2D eigenvalue weighted by Crippen LogP contribution is -2.06. The van der Waals surface area contributed by atoms with E-state index in [0.717, 1.165) is 21.5 Å². The second-order valence-electron chi connectivity index (χ2n) is 4.81. The highest BCUT2D eigenvalue weighted by Crippen LogP contribution is 2.33. The third-order valence-corrected chi connectivity index (χ3v) is 5.21. The van der Waals surface area contributed by atoms with E-state index in [9.17, 15) is 0 Å². The first-order valence-corrected chi connectivity index (χ1v) is 8.78. The Balaban J connectivity index is 2.20. The molecule has 0 fully saturated rings. The number of halogens is 1. The maximum Gasteiger partial charge on any atom is 0.123 e. The molecule has 0 bridgehead atoms. The Hall–Kier alpha value is -0.970. The van der Waals surface area contributed by atoms with Gasteiger partial charge >= 0.3 is 0 Å². The molecule has 0 aromatic heterocycles. The zero-order valence-electron chi connectivity index (χ0n) is 12.3. The van der Waals surface area contributed by atoms with Gasteiger partial charge in [0.05, 0.1) is 6.61 Å². The molecule has 0 heterocycles. The summed E-state index contributed by atoms with van der Waals surface area (Å²) < 4.78 is 6.85. The van der Waals surface area contributed by atoms with Gasteiger partial charge in [-0.3, -0.25) is 0 Å². The van der Waals surface area contributed by atoms with Crippen LogP contribution in [0.5, 0.6) is 5.75 Å². The molecular weight excluding hydrogens is 346 g/mol. The van der Waals surface area contributed by atoms with Gasteiger partial charge in [0.1, 0.15) is 5.75 Å². The van der Waals surface area contributed by atoms with E-state index in [2.05, 4.69) is 40.2 Å². The van der Waals surface area contributed by atoms with Crippen LogP contribution in [-0.4, -0.2) is 6.61 Å². The predicted molar refractivity (Wildman–Crippen MR) is 93.9 cm³/mol. The first-order valence-electron chi connectivity index (χ1n) is 7.00. The van der Waals surface area contributed by atoms with Gasteiger partial charge in [-0.2, -0.15) is 0 Å². The van der Waals surface area contributed by atoms with Crippen molar-refractivity contribution in [2.75, 3.05) is 6.61 Å². The van der Waals surface area contributed by atoms with Gasteiger partial charge in [0, 0.05) is 26.7 Å². The van der Waals surface area contributed by atoms with Crippen LogP contribution in [0.25, 0.3) is 0 Å². The molecule has 21 heavy (non-hydrogen) atoms. The summed E-state index contributed by atoms with van der Waals surface area (Å²) in [6, 6.07) is 14.5. The van der Waals surface area contributed by atoms with Crippen molar-refractivity contribution in [3.63, 3.8) is 0 Å². The smallest absolute Gasteiger partial charge is 0.123 e. The summed E-state index contributed by atoms with van der Waals surface area (Å²) in [6.45, 7) is 4.68. The molecule has 2 N–H and O–H groups in total. The van der Waals surface area contributed by atoms with E-state index in [-0.39, 0.29) is 6.04 Å². The van der Waals surface area contributed by atoms with Crippen molar-refractivity contribution in [2.45, 2.75) is 30.5 Å². The molecule has 0 saturated heterocycles. The van der Waals surface area contributed by atoms with Gasteiger partial charge in [-0.1, -0.05) is 18.2 Å². The minimum atomic E-state index is 0.0351. The number of rotatable bonds is 6. The number of hydrogen-bond donors (Lipinski definition) is 1. The summed E-state index contributed by atoms with van der Waals surface area (Å²) in [5.41, 5.74) is 8.31. The van der Waals surface area contributed by atoms with E-state index in [1.807, 2.05) is 32.0 Å². The van der Waals surface area contributed by atoms with Gasteiger partial charge < -0.3 is 10.5 Å². The van der Waals surface area contributed by atoms with Crippen molar-refractivity contribution in [1.29, 1.82) is 0 Å². The molecule has 2 nitrogen and oxygen atoms in total. The minimum Gasteiger partial charge on any atom is -0.494 e. The van der Waals surface area contributed by atoms with E-state index in [1.54, 1.807) is 11.8 Å². The predicted octanol–water partition coefficient (Wildman–Crippen LogP) is 5.16. The molecule has 0 radical (unpaired) electrons. The van der Waals surface area contributed by atoms with Gasteiger partial charge in [-0.15, -0.1) is 11.8 Å². The quantitative estimate of drug-likeness (QED) is 0.718. The molecule has 2 aromatic rings. The first-order chi connectivity index (χ1) is 10.1. The van der Waals surface area contributed by atoms with Crippen LogP contribution < -0.4 is 10.5 Å². The lowest BCUT2D eigenvalue weighted by Gasteiger charge is -2.14. The molecule has 0 spiro atoms. The van der Waals surface area contributed by atoms with Gasteiger partial charge in [0.15, 0.2) is 0 Å². The largest absolute Gasteiger partial charge is 0.494 e. The van der Waals surface area contributed by atoms with Crippen molar-refractivity contribution in [3.05, 3.63) is 58.1 Å². The molecular formula is C17H20BrNOS. The topological polar surface area (TPSA) is 35.2 Å². The normalized spacial score (nSPS) is 12.2. The highest BCUT2D eigenvalue weighted by Gasteiger charge is 2.09. The molecule has 0 aliphatic heterocycles. The van der Waals surface area contributed by atoms with Crippen LogP contribution in [0.3, 0.4) is 0 Å². The number of ether oxygens (including phenoxy) is 1. The highest BCUT2D eigenvalue weighted by atomic mass is 79.9. The van der Waals surface area contributed by atoms with E-state index in [4.69, 9.17) is 10.5 Å². The number of benzene rings is 2. The number of nitrogens with two attached hydrogens (primary N) is 1. The van der Waals surface area contributed by atoms with Gasteiger partial charge in [0.25, 0.3) is 0 Å². The molecule has 0 saturated carbocycles. The third-order valence-electron chi connectivity index (χ3n) is 3.13. The third kappa shape index (κ3) is 4.50. The fraction of sp³-hybridized carbons (Fsp3) is 0.294. The minimum absolute atomic E-state index is 0.0351. The molecule has 0 amide bonds. The van der Waals surface area contributed by atoms with Crippen molar-refractivity contribution in [3.8, 4) is 5.75 Å². The Labute approximate surface area is 139 Å². The van der Waals surface area contributed by atoms with E-state index in [1.165, 1.54) is 10.5 Å². The molecule has 112 valence electrons. The van der Waals surface area contributed by atoms with Crippen LogP contribution in [0.15, 0.2) is 51.8 Å². The Bertz CT molecular complexity index is 601. The summed E-state index contributed by atoms with van der Waals surface area (Å²) >= 11 is 5.38. The first kappa shape index (κ1) is 16.4. The monoisotopic (exact) mass is 365 g/mol. The number of hydrogen-bond acceptors (Lipinski definition) is 3. The SMILES string of the molecule is CCOc1ccc(C(C)N)cc1CSc1ccccc1Br. The maximum atomic E-state index is 5.98. The van der Waals surface area contributed by atoms with Crippen LogP contribution in [0.2, 0.25) is 0 Å². The maximum absolute atomic E-state index is 5.98. The van der Waals surface area contributed by atoms with Crippen molar-refractivity contribution >= 4 is 27.7 Å². The highest BCUT2D eigenvalue weighted by molar-refractivity contribution is 9.10. The molecule has 0 aliphatic carbocycles. The molecule has 2 aromatic carbocycles. The van der Waals surface area contributed by atoms with E-state index in [0.29, 0.717) is 6.61 Å². The van der Waals surface area contributed by atoms with Gasteiger partial charge in [-0.05, 0) is 59.6 Å². The lowest BCUT2D eigenvalue weighted by atomic mass is 10.1. The Morgan fingerprint density at radius 1 is 1.24 bits per heavy atom. The summed E-state index contributed by atoms with van der Waals surface area (Å²) in [5, 5.41) is 0. The Kier molecular flexibility index (Phi) is 6.15. The molecule has 1 unspecified atom stereocenters. The second-order valence-corrected chi connectivity index (χ2v) is 6.68. The van der Waals surface area contributed by atoms with Crippen LogP contribution in [0.1, 0.15) is 31.0 Å². The van der Waals surface area contributed by atoms with Crippen LogP contribution >= 0.6 is 27.7 Å².